The number of rotatable bonds is 12. The van der Waals surface area contributed by atoms with Crippen LogP contribution < -0.4 is 32.5 Å². The highest BCUT2D eigenvalue weighted by Crippen LogP contribution is 2.15. The summed E-state index contributed by atoms with van der Waals surface area (Å²) in [7, 11) is 0. The molecule has 0 aliphatic carbocycles. The minimum absolute atomic E-state index is 0.0865. The van der Waals surface area contributed by atoms with Gasteiger partial charge in [-0.15, -0.1) is 11.3 Å². The lowest BCUT2D eigenvalue weighted by molar-refractivity contribution is -0.137. The van der Waals surface area contributed by atoms with Gasteiger partial charge in [-0.05, 0) is 71.8 Å². The molecule has 42 heavy (non-hydrogen) atoms. The van der Waals surface area contributed by atoms with E-state index in [2.05, 4.69) is 20.6 Å². The Morgan fingerprint density at radius 2 is 1.24 bits per heavy atom. The van der Waals surface area contributed by atoms with Gasteiger partial charge in [0, 0.05) is 24.2 Å². The van der Waals surface area contributed by atoms with Crippen molar-refractivity contribution in [1.29, 1.82) is 0 Å². The van der Waals surface area contributed by atoms with Gasteiger partial charge in [0.1, 0.15) is 10.7 Å². The summed E-state index contributed by atoms with van der Waals surface area (Å²) in [6.45, 7) is 0. The largest absolute Gasteiger partial charge is 0.481 e. The predicted molar refractivity (Wildman–Crippen MR) is 163 cm³/mol. The number of benzene rings is 2. The highest BCUT2D eigenvalue weighted by molar-refractivity contribution is 7.12. The molecule has 10 nitrogen and oxygen atoms in total. The summed E-state index contributed by atoms with van der Waals surface area (Å²) < 4.78 is 0. The summed E-state index contributed by atoms with van der Waals surface area (Å²) in [5.74, 6) is -1.14. The molecule has 0 unspecified atom stereocenters. The molecule has 4 rings (SSSR count). The monoisotopic (exact) mass is 586 g/mol. The fourth-order valence-electron chi connectivity index (χ4n) is 4.09. The number of hydrogen-bond donors (Lipinski definition) is 5. The average Bonchev–Trinajstić information content (AvgIpc) is 3.51. The number of nitrogens with one attached hydrogen (secondary N) is 4. The third-order valence-electron chi connectivity index (χ3n) is 6.26. The average molecular weight is 587 g/mol. The number of amides is 2. The number of carbonyl (C=O) groups excluding carboxylic acids is 2. The fraction of sp³-hybridized carbons (Fsp3) is 0.194. The number of aromatic nitrogens is 2. The first kappa shape index (κ1) is 29.9. The normalized spacial score (nSPS) is 11.8. The standard InChI is InChI=1S/C31H30N4O6S/c36-27(7-3-1-2-4-8-28(37)38)32-22-13-9-20(10-14-22)18-24-29(39)35-25(30(40)34-24)19-21-11-15-23(16-12-21)33-31(41)26-6-5-17-42-26/h5-6,9-19H,1-4,7-8H2,(H,32,36)(H,33,41)(H,34,40)(H,35,39)(H,37,38)/b24-18+,25-19-. The van der Waals surface area contributed by atoms with Crippen molar-refractivity contribution in [1.82, 2.24) is 9.97 Å². The van der Waals surface area contributed by atoms with Gasteiger partial charge in [-0.2, -0.15) is 0 Å². The summed E-state index contributed by atoms with van der Waals surface area (Å²) in [5, 5.41) is 16.3. The Morgan fingerprint density at radius 3 is 1.74 bits per heavy atom. The molecule has 2 aromatic carbocycles. The zero-order valence-electron chi connectivity index (χ0n) is 22.6. The van der Waals surface area contributed by atoms with Crippen molar-refractivity contribution in [3.05, 3.63) is 113 Å². The number of unbranched alkanes of at least 4 members (excludes halogenated alkanes) is 3. The van der Waals surface area contributed by atoms with Gasteiger partial charge in [0.25, 0.3) is 17.0 Å². The maximum Gasteiger partial charge on any atom is 0.303 e. The van der Waals surface area contributed by atoms with E-state index in [9.17, 15) is 24.0 Å². The van der Waals surface area contributed by atoms with Crippen molar-refractivity contribution in [2.75, 3.05) is 10.6 Å². The van der Waals surface area contributed by atoms with Crippen LogP contribution in [0.5, 0.6) is 0 Å². The molecule has 0 spiro atoms. The van der Waals surface area contributed by atoms with Crippen LogP contribution in [-0.4, -0.2) is 32.9 Å². The Balaban J connectivity index is 1.36. The van der Waals surface area contributed by atoms with Crippen molar-refractivity contribution in [3.63, 3.8) is 0 Å². The molecule has 2 amide bonds. The van der Waals surface area contributed by atoms with Crippen molar-refractivity contribution in [2.45, 2.75) is 38.5 Å². The quantitative estimate of drug-likeness (QED) is 0.160. The summed E-state index contributed by atoms with van der Waals surface area (Å²) in [5.41, 5.74) is 1.59. The van der Waals surface area contributed by atoms with Crippen LogP contribution in [0.1, 0.15) is 59.3 Å². The van der Waals surface area contributed by atoms with E-state index in [0.29, 0.717) is 46.6 Å². The molecule has 4 aromatic rings. The van der Waals surface area contributed by atoms with Gasteiger partial charge in [0.05, 0.1) is 4.88 Å². The summed E-state index contributed by atoms with van der Waals surface area (Å²) in [4.78, 5) is 66.1. The summed E-state index contributed by atoms with van der Waals surface area (Å²) in [6.07, 6.45) is 6.43. The second-order valence-corrected chi connectivity index (χ2v) is 10.5. The van der Waals surface area contributed by atoms with Gasteiger partial charge in [-0.3, -0.25) is 24.0 Å². The number of anilines is 2. The molecule has 5 N–H and O–H groups in total. The molecule has 11 heteroatoms. The second-order valence-electron chi connectivity index (χ2n) is 9.56. The van der Waals surface area contributed by atoms with Crippen LogP contribution in [0.25, 0.3) is 12.2 Å². The maximum atomic E-state index is 12.7. The first-order chi connectivity index (χ1) is 20.3. The number of aliphatic carboxylic acids is 1. The first-order valence-corrected chi connectivity index (χ1v) is 14.3. The zero-order chi connectivity index (χ0) is 29.9. The number of aromatic amines is 2. The number of carboxylic acids is 1. The minimum Gasteiger partial charge on any atom is -0.481 e. The molecule has 216 valence electrons. The molecule has 0 aliphatic rings. The third kappa shape index (κ3) is 9.00. The van der Waals surface area contributed by atoms with E-state index in [1.54, 1.807) is 66.7 Å². The Hall–Kier alpha value is -5.03. The summed E-state index contributed by atoms with van der Waals surface area (Å²) in [6, 6.07) is 17.3. The first-order valence-electron chi connectivity index (χ1n) is 13.4. The molecule has 0 fully saturated rings. The lowest BCUT2D eigenvalue weighted by Gasteiger charge is -2.05. The van der Waals surface area contributed by atoms with Crippen LogP contribution in [0.4, 0.5) is 11.4 Å². The van der Waals surface area contributed by atoms with Gasteiger partial charge < -0.3 is 25.7 Å². The molecular weight excluding hydrogens is 556 g/mol. The Kier molecular flexibility index (Phi) is 10.4. The van der Waals surface area contributed by atoms with Crippen LogP contribution in [0.15, 0.2) is 75.6 Å². The van der Waals surface area contributed by atoms with Crippen LogP contribution in [0.2, 0.25) is 0 Å². The van der Waals surface area contributed by atoms with E-state index < -0.39 is 17.1 Å². The molecule has 2 heterocycles. The minimum atomic E-state index is -0.808. The highest BCUT2D eigenvalue weighted by Gasteiger charge is 2.07. The zero-order valence-corrected chi connectivity index (χ0v) is 23.5. The van der Waals surface area contributed by atoms with E-state index in [1.165, 1.54) is 17.4 Å². The Bertz CT molecular complexity index is 1770. The highest BCUT2D eigenvalue weighted by atomic mass is 32.1. The lowest BCUT2D eigenvalue weighted by atomic mass is 10.1. The molecular formula is C31H30N4O6S. The number of carbonyl (C=O) groups is 3. The molecule has 0 atom stereocenters. The number of thiophene rings is 1. The molecule has 0 saturated heterocycles. The van der Waals surface area contributed by atoms with Crippen LogP contribution >= 0.6 is 11.3 Å². The van der Waals surface area contributed by atoms with Gasteiger partial charge in [-0.1, -0.05) is 43.2 Å². The Labute approximate surface area is 244 Å². The van der Waals surface area contributed by atoms with Gasteiger partial charge in [-0.25, -0.2) is 0 Å². The van der Waals surface area contributed by atoms with Gasteiger partial charge >= 0.3 is 5.97 Å². The Morgan fingerprint density at radius 1 is 0.714 bits per heavy atom. The maximum absolute atomic E-state index is 12.7. The van der Waals surface area contributed by atoms with E-state index >= 15 is 0 Å². The van der Waals surface area contributed by atoms with E-state index in [0.717, 1.165) is 12.8 Å². The van der Waals surface area contributed by atoms with Crippen LogP contribution in [0.3, 0.4) is 0 Å². The van der Waals surface area contributed by atoms with Crippen LogP contribution in [0, 0.1) is 0 Å². The molecule has 0 saturated carbocycles. The number of carboxylic acid groups (broad SMARTS) is 1. The molecule has 0 radical (unpaired) electrons. The summed E-state index contributed by atoms with van der Waals surface area (Å²) >= 11 is 1.35. The van der Waals surface area contributed by atoms with Gasteiger partial charge in [0.15, 0.2) is 0 Å². The fourth-order valence-corrected chi connectivity index (χ4v) is 4.71. The second kappa shape index (κ2) is 14.6. The van der Waals surface area contributed by atoms with Gasteiger partial charge in [0.2, 0.25) is 5.91 Å². The predicted octanol–water partition coefficient (Wildman–Crippen LogP) is 3.40. The van der Waals surface area contributed by atoms with Crippen molar-refractivity contribution in [3.8, 4) is 0 Å². The molecule has 0 aliphatic heterocycles. The van der Waals surface area contributed by atoms with Crippen molar-refractivity contribution < 1.29 is 19.5 Å². The molecule has 0 bridgehead atoms. The molecule has 2 aromatic heterocycles. The smallest absolute Gasteiger partial charge is 0.303 e. The third-order valence-corrected chi connectivity index (χ3v) is 7.13. The topological polar surface area (TPSA) is 161 Å². The lowest BCUT2D eigenvalue weighted by Crippen LogP contribution is -2.46. The number of H-pyrrole nitrogens is 2. The SMILES string of the molecule is O=C(O)CCCCCCC(=O)Nc1ccc(/C=c2/[nH]c(=O)/c(=C/c3ccc(NC(=O)c4cccs4)cc3)[nH]c2=O)cc1. The van der Waals surface area contributed by atoms with E-state index in [-0.39, 0.29) is 28.9 Å². The van der Waals surface area contributed by atoms with Crippen LogP contribution in [-0.2, 0) is 9.59 Å². The van der Waals surface area contributed by atoms with E-state index in [4.69, 9.17) is 5.11 Å². The van der Waals surface area contributed by atoms with Crippen molar-refractivity contribution in [2.24, 2.45) is 0 Å². The van der Waals surface area contributed by atoms with Crippen molar-refractivity contribution >= 4 is 52.6 Å². The number of hydrogen-bond acceptors (Lipinski definition) is 6. The van der Waals surface area contributed by atoms with E-state index in [1.807, 2.05) is 5.38 Å².